The number of nitrogens with one attached hydrogen (secondary N) is 3. The van der Waals surface area contributed by atoms with E-state index in [1.54, 1.807) is 7.05 Å². The van der Waals surface area contributed by atoms with Crippen molar-refractivity contribution in [3.63, 3.8) is 0 Å². The lowest BCUT2D eigenvalue weighted by molar-refractivity contribution is -0.121. The summed E-state index contributed by atoms with van der Waals surface area (Å²) in [6.07, 6.45) is 1.55. The molecule has 10 heteroatoms. The van der Waals surface area contributed by atoms with Crippen LogP contribution in [0.15, 0.2) is 29.3 Å². The van der Waals surface area contributed by atoms with E-state index in [1.807, 2.05) is 24.3 Å². The van der Waals surface area contributed by atoms with Crippen LogP contribution in [-0.2, 0) is 21.1 Å². The van der Waals surface area contributed by atoms with Gasteiger partial charge in [0.2, 0.25) is 5.91 Å². The topological polar surface area (TPSA) is 99.7 Å². The van der Waals surface area contributed by atoms with Crippen LogP contribution in [0.3, 0.4) is 0 Å². The number of sulfone groups is 1. The molecule has 0 bridgehead atoms. The van der Waals surface area contributed by atoms with Gasteiger partial charge in [0.15, 0.2) is 15.8 Å². The maximum absolute atomic E-state index is 11.9. The third-order valence-corrected chi connectivity index (χ3v) is 6.06. The molecule has 1 saturated heterocycles. The number of hydrogen-bond donors (Lipinski definition) is 3. The first kappa shape index (κ1) is 24.0. The van der Waals surface area contributed by atoms with E-state index < -0.39 is 9.84 Å². The van der Waals surface area contributed by atoms with Gasteiger partial charge in [-0.2, -0.15) is 0 Å². The van der Waals surface area contributed by atoms with Gasteiger partial charge in [0.25, 0.3) is 0 Å². The largest absolute Gasteiger partial charge is 0.356 e. The first-order valence-corrected chi connectivity index (χ1v) is 10.8. The van der Waals surface area contributed by atoms with E-state index in [4.69, 9.17) is 11.6 Å². The van der Waals surface area contributed by atoms with Gasteiger partial charge in [0, 0.05) is 37.6 Å². The van der Waals surface area contributed by atoms with E-state index in [0.29, 0.717) is 30.5 Å². The van der Waals surface area contributed by atoms with Crippen molar-refractivity contribution < 1.29 is 13.2 Å². The highest BCUT2D eigenvalue weighted by Crippen LogP contribution is 2.11. The maximum Gasteiger partial charge on any atom is 0.222 e. The predicted octanol–water partition coefficient (Wildman–Crippen LogP) is 1.36. The van der Waals surface area contributed by atoms with Crippen LogP contribution in [0.2, 0.25) is 5.02 Å². The molecule has 0 aliphatic carbocycles. The summed E-state index contributed by atoms with van der Waals surface area (Å²) in [7, 11) is -1.32. The number of halogens is 2. The van der Waals surface area contributed by atoms with E-state index >= 15 is 0 Å². The van der Waals surface area contributed by atoms with Gasteiger partial charge < -0.3 is 16.0 Å². The number of carbonyl (C=O) groups is 1. The molecule has 27 heavy (non-hydrogen) atoms. The quantitative estimate of drug-likeness (QED) is 0.282. The van der Waals surface area contributed by atoms with Crippen molar-refractivity contribution in [2.24, 2.45) is 4.99 Å². The van der Waals surface area contributed by atoms with Gasteiger partial charge in [0.05, 0.1) is 11.5 Å². The van der Waals surface area contributed by atoms with E-state index in [1.165, 1.54) is 0 Å². The lowest BCUT2D eigenvalue weighted by Gasteiger charge is -2.13. The molecule has 1 aliphatic rings. The molecule has 3 N–H and O–H groups in total. The molecule has 1 atom stereocenters. The van der Waals surface area contributed by atoms with Crippen molar-refractivity contribution in [2.75, 3.05) is 31.6 Å². The van der Waals surface area contributed by atoms with E-state index in [0.717, 1.165) is 12.0 Å². The van der Waals surface area contributed by atoms with Gasteiger partial charge in [-0.25, -0.2) is 8.42 Å². The molecule has 1 fully saturated rings. The normalized spacial score (nSPS) is 18.4. The molecule has 1 amide bonds. The van der Waals surface area contributed by atoms with Crippen molar-refractivity contribution >= 4 is 57.3 Å². The second kappa shape index (κ2) is 11.7. The molecule has 0 spiro atoms. The molecule has 1 aliphatic heterocycles. The average Bonchev–Trinajstić information content (AvgIpc) is 2.92. The fourth-order valence-electron chi connectivity index (χ4n) is 2.74. The summed E-state index contributed by atoms with van der Waals surface area (Å²) in [6, 6.07) is 7.43. The molecule has 1 aromatic carbocycles. The molecule has 2 rings (SSSR count). The number of hydrogen-bond acceptors (Lipinski definition) is 4. The van der Waals surface area contributed by atoms with E-state index in [-0.39, 0.29) is 53.9 Å². The highest BCUT2D eigenvalue weighted by Gasteiger charge is 2.28. The average molecular weight is 529 g/mol. The predicted molar refractivity (Wildman–Crippen MR) is 120 cm³/mol. The highest BCUT2D eigenvalue weighted by molar-refractivity contribution is 14.0. The Morgan fingerprint density at radius 3 is 2.67 bits per heavy atom. The number of benzene rings is 1. The molecule has 1 heterocycles. The smallest absolute Gasteiger partial charge is 0.222 e. The van der Waals surface area contributed by atoms with Gasteiger partial charge in [-0.3, -0.25) is 9.79 Å². The van der Waals surface area contributed by atoms with Crippen molar-refractivity contribution in [2.45, 2.75) is 25.3 Å². The summed E-state index contributed by atoms with van der Waals surface area (Å²) in [5.41, 5.74) is 1.13. The Labute approximate surface area is 182 Å². The molecule has 0 aromatic heterocycles. The molecule has 152 valence electrons. The minimum atomic E-state index is -2.98. The number of guanidine groups is 1. The van der Waals surface area contributed by atoms with Crippen molar-refractivity contribution in [1.29, 1.82) is 0 Å². The van der Waals surface area contributed by atoms with Crippen LogP contribution in [0.4, 0.5) is 0 Å². The van der Waals surface area contributed by atoms with Gasteiger partial charge in [-0.1, -0.05) is 23.7 Å². The van der Waals surface area contributed by atoms with Crippen LogP contribution in [0.1, 0.15) is 18.4 Å². The van der Waals surface area contributed by atoms with Gasteiger partial charge in [-0.05, 0) is 30.5 Å². The Bertz CT molecular complexity index is 758. The summed E-state index contributed by atoms with van der Waals surface area (Å²) in [5.74, 6) is 0.649. The summed E-state index contributed by atoms with van der Waals surface area (Å²) >= 11 is 5.96. The zero-order valence-corrected chi connectivity index (χ0v) is 19.1. The molecule has 1 unspecified atom stereocenters. The number of carbonyl (C=O) groups excluding carboxylic acids is 1. The van der Waals surface area contributed by atoms with Crippen LogP contribution in [-0.4, -0.2) is 58.0 Å². The first-order chi connectivity index (χ1) is 12.4. The van der Waals surface area contributed by atoms with Gasteiger partial charge >= 0.3 is 0 Å². The maximum atomic E-state index is 11.9. The second-order valence-corrected chi connectivity index (χ2v) is 8.89. The Morgan fingerprint density at radius 1 is 1.30 bits per heavy atom. The van der Waals surface area contributed by atoms with E-state index in [2.05, 4.69) is 20.9 Å². The summed E-state index contributed by atoms with van der Waals surface area (Å²) in [5, 5.41) is 9.73. The molecule has 0 radical (unpaired) electrons. The molecule has 0 saturated carbocycles. The van der Waals surface area contributed by atoms with Crippen molar-refractivity contribution in [3.8, 4) is 0 Å². The molecule has 7 nitrogen and oxygen atoms in total. The Balaban J connectivity index is 0.00000364. The Morgan fingerprint density at radius 2 is 2.04 bits per heavy atom. The van der Waals surface area contributed by atoms with E-state index in [9.17, 15) is 13.2 Å². The number of aliphatic imine (C=N–C) groups is 1. The minimum Gasteiger partial charge on any atom is -0.356 e. The monoisotopic (exact) mass is 528 g/mol. The third-order valence-electron chi connectivity index (χ3n) is 4.06. The van der Waals surface area contributed by atoms with Crippen LogP contribution in [0.5, 0.6) is 0 Å². The van der Waals surface area contributed by atoms with Crippen molar-refractivity contribution in [3.05, 3.63) is 34.9 Å². The lowest BCUT2D eigenvalue weighted by atomic mass is 10.1. The first-order valence-electron chi connectivity index (χ1n) is 8.57. The minimum absolute atomic E-state index is 0. The van der Waals surface area contributed by atoms with Gasteiger partial charge in [0.1, 0.15) is 0 Å². The second-order valence-electron chi connectivity index (χ2n) is 6.22. The summed E-state index contributed by atoms with van der Waals surface area (Å²) in [4.78, 5) is 16.0. The Hall–Kier alpha value is -1.07. The SMILES string of the molecule is CN=C(NCCC(=O)NC1CCS(=O)(=O)C1)NCCc1cccc(Cl)c1.I. The zero-order chi connectivity index (χ0) is 19.0. The Kier molecular flexibility index (Phi) is 10.4. The number of amides is 1. The zero-order valence-electron chi connectivity index (χ0n) is 15.2. The third kappa shape index (κ3) is 9.11. The molecular weight excluding hydrogens is 503 g/mol. The van der Waals surface area contributed by atoms with Crippen LogP contribution in [0, 0.1) is 0 Å². The fourth-order valence-corrected chi connectivity index (χ4v) is 4.63. The summed E-state index contributed by atoms with van der Waals surface area (Å²) in [6.45, 7) is 1.11. The highest BCUT2D eigenvalue weighted by atomic mass is 127. The number of nitrogens with zero attached hydrogens (tertiary/aromatic N) is 1. The van der Waals surface area contributed by atoms with Gasteiger partial charge in [-0.15, -0.1) is 24.0 Å². The van der Waals surface area contributed by atoms with Crippen LogP contribution >= 0.6 is 35.6 Å². The van der Waals surface area contributed by atoms with Crippen molar-refractivity contribution in [1.82, 2.24) is 16.0 Å². The summed E-state index contributed by atoms with van der Waals surface area (Å²) < 4.78 is 22.8. The van der Waals surface area contributed by atoms with Crippen LogP contribution < -0.4 is 16.0 Å². The lowest BCUT2D eigenvalue weighted by Crippen LogP contribution is -2.41. The van der Waals surface area contributed by atoms with Crippen LogP contribution in [0.25, 0.3) is 0 Å². The molecular formula is C17H26ClIN4O3S. The fraction of sp³-hybridized carbons (Fsp3) is 0.529. The standard InChI is InChI=1S/C17H25ClN4O3S.HI/c1-19-17(20-8-5-13-3-2-4-14(18)11-13)21-9-6-16(23)22-15-7-10-26(24,25)12-15;/h2-4,11,15H,5-10,12H2,1H3,(H,22,23)(H2,19,20,21);1H. The molecule has 1 aromatic rings. The number of rotatable bonds is 7.